The van der Waals surface area contributed by atoms with E-state index in [0.29, 0.717) is 28.7 Å². The molecule has 2 aromatic rings. The van der Waals surface area contributed by atoms with Crippen molar-refractivity contribution in [2.75, 3.05) is 31.1 Å². The number of aryl methyl sites for hydroxylation is 1. The molecule has 1 unspecified atom stereocenters. The number of hydrogen-bond acceptors (Lipinski definition) is 4. The van der Waals surface area contributed by atoms with Crippen molar-refractivity contribution in [3.63, 3.8) is 0 Å². The maximum atomic E-state index is 14.3. The minimum atomic E-state index is -3.56. The van der Waals surface area contributed by atoms with Crippen LogP contribution >= 0.6 is 11.6 Å². The number of nitrogens with zero attached hydrogens (tertiary/aromatic N) is 2. The fraction of sp³-hybridized carbons (Fsp3) is 0.478. The molecule has 1 N–H and O–H groups in total. The monoisotopic (exact) mass is 465 g/mol. The molecule has 1 aliphatic heterocycles. The number of rotatable bonds is 5. The van der Waals surface area contributed by atoms with Gasteiger partial charge in [0.05, 0.1) is 10.6 Å². The van der Waals surface area contributed by atoms with E-state index in [-0.39, 0.29) is 17.9 Å². The lowest BCUT2D eigenvalue weighted by atomic mass is 9.89. The van der Waals surface area contributed by atoms with Crippen molar-refractivity contribution >= 4 is 27.3 Å². The van der Waals surface area contributed by atoms with Gasteiger partial charge in [-0.1, -0.05) is 42.1 Å². The predicted molar refractivity (Wildman–Crippen MR) is 123 cm³/mol. The maximum Gasteiger partial charge on any atom is 0.240 e. The van der Waals surface area contributed by atoms with Gasteiger partial charge in [0, 0.05) is 43.3 Å². The third kappa shape index (κ3) is 5.22. The molecule has 2 aromatic carbocycles. The molecule has 0 bridgehead atoms. The second kappa shape index (κ2) is 9.45. The first-order valence-electron chi connectivity index (χ1n) is 10.9. The normalized spacial score (nSPS) is 23.1. The van der Waals surface area contributed by atoms with Gasteiger partial charge in [-0.25, -0.2) is 17.5 Å². The molecule has 1 saturated heterocycles. The molecule has 1 saturated carbocycles. The lowest BCUT2D eigenvalue weighted by Crippen LogP contribution is -2.58. The summed E-state index contributed by atoms with van der Waals surface area (Å²) in [6.45, 7) is 4.89. The molecule has 4 rings (SSSR count). The first-order chi connectivity index (χ1) is 14.8. The molecule has 1 heterocycles. The summed E-state index contributed by atoms with van der Waals surface area (Å²) in [6, 6.07) is 11.8. The van der Waals surface area contributed by atoms with E-state index in [0.717, 1.165) is 44.3 Å². The van der Waals surface area contributed by atoms with Gasteiger partial charge in [0.25, 0.3) is 0 Å². The second-order valence-corrected chi connectivity index (χ2v) is 10.7. The van der Waals surface area contributed by atoms with Crippen LogP contribution < -0.4 is 9.62 Å². The van der Waals surface area contributed by atoms with Gasteiger partial charge in [-0.15, -0.1) is 0 Å². The van der Waals surface area contributed by atoms with Gasteiger partial charge in [-0.05, 0) is 50.1 Å². The van der Waals surface area contributed by atoms with E-state index in [4.69, 9.17) is 11.6 Å². The van der Waals surface area contributed by atoms with Crippen LogP contribution in [0.3, 0.4) is 0 Å². The first-order valence-corrected chi connectivity index (χ1v) is 12.7. The molecule has 0 amide bonds. The zero-order valence-electron chi connectivity index (χ0n) is 17.7. The lowest BCUT2D eigenvalue weighted by molar-refractivity contribution is 0.124. The van der Waals surface area contributed by atoms with Crippen LogP contribution in [0.25, 0.3) is 0 Å². The van der Waals surface area contributed by atoms with Crippen LogP contribution in [0.2, 0.25) is 5.02 Å². The Labute approximate surface area is 189 Å². The third-order valence-electron chi connectivity index (χ3n) is 6.40. The van der Waals surface area contributed by atoms with Gasteiger partial charge >= 0.3 is 0 Å². The molecular weight excluding hydrogens is 437 g/mol. The second-order valence-electron chi connectivity index (χ2n) is 8.51. The van der Waals surface area contributed by atoms with Crippen molar-refractivity contribution in [2.24, 2.45) is 0 Å². The number of piperazine rings is 1. The zero-order chi connectivity index (χ0) is 22.0. The summed E-state index contributed by atoms with van der Waals surface area (Å²) >= 11 is 5.88. The van der Waals surface area contributed by atoms with Gasteiger partial charge < -0.3 is 4.90 Å². The number of sulfonamides is 1. The SMILES string of the molecule is Cc1ccc(S(=O)(=O)NC2CCCC[C@@H]2N2CCN(c3ccc(Cl)cc3F)CC2)cc1. The van der Waals surface area contributed by atoms with Gasteiger partial charge in [0.2, 0.25) is 10.0 Å². The van der Waals surface area contributed by atoms with Crippen molar-refractivity contribution in [3.05, 3.63) is 58.9 Å². The van der Waals surface area contributed by atoms with Crippen LogP contribution in [0.5, 0.6) is 0 Å². The zero-order valence-corrected chi connectivity index (χ0v) is 19.3. The molecule has 8 heteroatoms. The van der Waals surface area contributed by atoms with Gasteiger partial charge in [-0.2, -0.15) is 0 Å². The molecule has 5 nitrogen and oxygen atoms in total. The number of hydrogen-bond donors (Lipinski definition) is 1. The lowest BCUT2D eigenvalue weighted by Gasteiger charge is -2.44. The van der Waals surface area contributed by atoms with Crippen LogP contribution in [-0.4, -0.2) is 51.6 Å². The van der Waals surface area contributed by atoms with Crippen LogP contribution in [0, 0.1) is 12.7 Å². The Bertz CT molecular complexity index is 1010. The van der Waals surface area contributed by atoms with Crippen molar-refractivity contribution in [1.82, 2.24) is 9.62 Å². The average Bonchev–Trinajstić information content (AvgIpc) is 2.74. The topological polar surface area (TPSA) is 52.7 Å². The molecule has 0 aromatic heterocycles. The van der Waals surface area contributed by atoms with Gasteiger partial charge in [-0.3, -0.25) is 4.90 Å². The van der Waals surface area contributed by atoms with Crippen molar-refractivity contribution in [3.8, 4) is 0 Å². The summed E-state index contributed by atoms with van der Waals surface area (Å²) in [6.07, 6.45) is 3.92. The summed E-state index contributed by atoms with van der Waals surface area (Å²) in [4.78, 5) is 4.72. The largest absolute Gasteiger partial charge is 0.367 e. The van der Waals surface area contributed by atoms with E-state index in [1.54, 1.807) is 24.3 Å². The number of nitrogens with one attached hydrogen (secondary N) is 1. The molecule has 0 radical (unpaired) electrons. The molecular formula is C23H29ClFN3O2S. The highest BCUT2D eigenvalue weighted by Crippen LogP contribution is 2.28. The predicted octanol–water partition coefficient (Wildman–Crippen LogP) is 4.20. The summed E-state index contributed by atoms with van der Waals surface area (Å²) < 4.78 is 43.2. The first kappa shape index (κ1) is 22.5. The Morgan fingerprint density at radius 1 is 1.00 bits per heavy atom. The van der Waals surface area contributed by atoms with Crippen LogP contribution in [0.1, 0.15) is 31.2 Å². The van der Waals surface area contributed by atoms with Gasteiger partial charge in [0.1, 0.15) is 5.82 Å². The number of anilines is 1. The molecule has 31 heavy (non-hydrogen) atoms. The average molecular weight is 466 g/mol. The van der Waals surface area contributed by atoms with Crippen LogP contribution in [0.15, 0.2) is 47.4 Å². The van der Waals surface area contributed by atoms with Gasteiger partial charge in [0.15, 0.2) is 0 Å². The third-order valence-corrected chi connectivity index (χ3v) is 8.14. The minimum absolute atomic E-state index is 0.112. The number of benzene rings is 2. The Hall–Kier alpha value is -1.67. The summed E-state index contributed by atoms with van der Waals surface area (Å²) in [7, 11) is -3.56. The highest BCUT2D eigenvalue weighted by Gasteiger charge is 2.35. The van der Waals surface area contributed by atoms with E-state index < -0.39 is 10.0 Å². The van der Waals surface area contributed by atoms with Crippen LogP contribution in [-0.2, 0) is 10.0 Å². The molecule has 168 valence electrons. The Balaban J connectivity index is 1.43. The molecule has 2 aliphatic rings. The molecule has 1 aliphatic carbocycles. The van der Waals surface area contributed by atoms with Crippen LogP contribution in [0.4, 0.5) is 10.1 Å². The number of halogens is 2. The molecule has 2 fully saturated rings. The Morgan fingerprint density at radius 3 is 2.35 bits per heavy atom. The van der Waals surface area contributed by atoms with E-state index in [9.17, 15) is 12.8 Å². The van der Waals surface area contributed by atoms with E-state index in [1.807, 2.05) is 24.0 Å². The van der Waals surface area contributed by atoms with E-state index >= 15 is 0 Å². The molecule has 2 atom stereocenters. The smallest absolute Gasteiger partial charge is 0.240 e. The standard InChI is InChI=1S/C23H29ClFN3O2S/c1-17-6-9-19(10-7-17)31(29,30)26-21-4-2-3-5-23(21)28-14-12-27(13-15-28)22-11-8-18(24)16-20(22)25/h6-11,16,21,23,26H,2-5,12-15H2,1H3/t21?,23-/m0/s1. The highest BCUT2D eigenvalue weighted by molar-refractivity contribution is 7.89. The Morgan fingerprint density at radius 2 is 1.68 bits per heavy atom. The fourth-order valence-electron chi connectivity index (χ4n) is 4.70. The van der Waals surface area contributed by atoms with Crippen molar-refractivity contribution < 1.29 is 12.8 Å². The fourth-order valence-corrected chi connectivity index (χ4v) is 6.17. The van der Waals surface area contributed by atoms with E-state index in [2.05, 4.69) is 9.62 Å². The molecule has 0 spiro atoms. The Kier molecular flexibility index (Phi) is 6.86. The summed E-state index contributed by atoms with van der Waals surface area (Å²) in [5.74, 6) is -0.303. The van der Waals surface area contributed by atoms with Crippen molar-refractivity contribution in [2.45, 2.75) is 49.6 Å². The summed E-state index contributed by atoms with van der Waals surface area (Å²) in [5, 5.41) is 0.394. The summed E-state index contributed by atoms with van der Waals surface area (Å²) in [5.41, 5.74) is 1.61. The van der Waals surface area contributed by atoms with Crippen molar-refractivity contribution in [1.29, 1.82) is 0 Å². The minimum Gasteiger partial charge on any atom is -0.367 e. The van der Waals surface area contributed by atoms with E-state index in [1.165, 1.54) is 6.07 Å². The highest BCUT2D eigenvalue weighted by atomic mass is 35.5. The maximum absolute atomic E-state index is 14.3. The quantitative estimate of drug-likeness (QED) is 0.719.